The van der Waals surface area contributed by atoms with Crippen LogP contribution in [0, 0.1) is 0 Å². The molecule has 1 aliphatic heterocycles. The topological polar surface area (TPSA) is 92.8 Å². The highest BCUT2D eigenvalue weighted by atomic mass is 16.5. The number of hydrogen-bond acceptors (Lipinski definition) is 6. The zero-order valence-corrected chi connectivity index (χ0v) is 23.3. The van der Waals surface area contributed by atoms with Crippen molar-refractivity contribution >= 4 is 17.5 Å². The van der Waals surface area contributed by atoms with Crippen LogP contribution in [0.3, 0.4) is 0 Å². The Kier molecular flexibility index (Phi) is 9.18. The molecule has 1 aromatic heterocycles. The Hall–Kier alpha value is -2.81. The lowest BCUT2D eigenvalue weighted by atomic mass is 9.87. The summed E-state index contributed by atoms with van der Waals surface area (Å²) in [6.45, 7) is 6.93. The van der Waals surface area contributed by atoms with Crippen molar-refractivity contribution in [3.63, 3.8) is 0 Å². The van der Waals surface area contributed by atoms with Gasteiger partial charge in [0.25, 0.3) is 0 Å². The highest BCUT2D eigenvalue weighted by Crippen LogP contribution is 2.33. The molecule has 38 heavy (non-hydrogen) atoms. The second-order valence-electron chi connectivity index (χ2n) is 11.4. The first-order valence-corrected chi connectivity index (χ1v) is 13.7. The molecule has 2 aromatic rings. The van der Waals surface area contributed by atoms with Crippen molar-refractivity contribution in [3.8, 4) is 0 Å². The van der Waals surface area contributed by atoms with E-state index in [0.717, 1.165) is 31.2 Å². The van der Waals surface area contributed by atoms with Gasteiger partial charge in [-0.3, -0.25) is 19.5 Å². The number of amides is 2. The summed E-state index contributed by atoms with van der Waals surface area (Å²) < 4.78 is 11.3. The van der Waals surface area contributed by atoms with Crippen LogP contribution in [-0.4, -0.2) is 61.9 Å². The number of nitrogens with one attached hydrogen (secondary N) is 2. The first-order chi connectivity index (χ1) is 18.2. The third kappa shape index (κ3) is 6.25. The summed E-state index contributed by atoms with van der Waals surface area (Å²) in [6.07, 6.45) is 7.87. The van der Waals surface area contributed by atoms with E-state index in [1.807, 2.05) is 30.3 Å². The van der Waals surface area contributed by atoms with Crippen LogP contribution in [0.15, 0.2) is 48.8 Å². The highest BCUT2D eigenvalue weighted by molar-refractivity contribution is 6.04. The number of carbonyl (C=O) groups excluding carboxylic acids is 2. The van der Waals surface area contributed by atoms with Crippen LogP contribution in [0.25, 0.3) is 0 Å². The van der Waals surface area contributed by atoms with E-state index in [1.54, 1.807) is 37.6 Å². The van der Waals surface area contributed by atoms with E-state index in [1.165, 1.54) is 6.42 Å². The van der Waals surface area contributed by atoms with Gasteiger partial charge in [0.05, 0.1) is 6.10 Å². The minimum atomic E-state index is -0.889. The molecule has 1 saturated heterocycles. The van der Waals surface area contributed by atoms with E-state index in [-0.39, 0.29) is 29.4 Å². The Morgan fingerprint density at radius 3 is 2.34 bits per heavy atom. The molecule has 2 fully saturated rings. The van der Waals surface area contributed by atoms with Gasteiger partial charge in [0.1, 0.15) is 18.2 Å². The molecule has 0 bridgehead atoms. The number of benzene rings is 1. The largest absolute Gasteiger partial charge is 0.377 e. The van der Waals surface area contributed by atoms with Crippen LogP contribution in [0.5, 0.6) is 0 Å². The van der Waals surface area contributed by atoms with Crippen molar-refractivity contribution < 1.29 is 19.1 Å². The van der Waals surface area contributed by atoms with Gasteiger partial charge < -0.3 is 20.1 Å². The summed E-state index contributed by atoms with van der Waals surface area (Å²) in [5.74, 6) is -0.444. The summed E-state index contributed by atoms with van der Waals surface area (Å²) in [4.78, 5) is 34.3. The SMILES string of the molecule is COC1CNC(C(=O)N(c2ccc(C(C)(C)C)cc2)C(C(=O)NC2CCCCC2)c2cccnc2)C1OC. The van der Waals surface area contributed by atoms with Crippen LogP contribution >= 0.6 is 0 Å². The van der Waals surface area contributed by atoms with Crippen LogP contribution < -0.4 is 15.5 Å². The quantitative estimate of drug-likeness (QED) is 0.546. The molecule has 4 rings (SSSR count). The molecule has 8 nitrogen and oxygen atoms in total. The molecule has 2 N–H and O–H groups in total. The third-order valence-electron chi connectivity index (χ3n) is 7.78. The van der Waals surface area contributed by atoms with Gasteiger partial charge in [-0.2, -0.15) is 0 Å². The predicted octanol–water partition coefficient (Wildman–Crippen LogP) is 3.90. The fourth-order valence-corrected chi connectivity index (χ4v) is 5.58. The van der Waals surface area contributed by atoms with E-state index in [9.17, 15) is 9.59 Å². The van der Waals surface area contributed by atoms with Crippen LogP contribution in [0.2, 0.25) is 0 Å². The van der Waals surface area contributed by atoms with Crippen molar-refractivity contribution in [3.05, 3.63) is 59.9 Å². The van der Waals surface area contributed by atoms with E-state index in [2.05, 4.69) is 36.4 Å². The van der Waals surface area contributed by atoms with Gasteiger partial charge in [-0.15, -0.1) is 0 Å². The minimum Gasteiger partial charge on any atom is -0.377 e. The van der Waals surface area contributed by atoms with Crippen molar-refractivity contribution in [1.29, 1.82) is 0 Å². The van der Waals surface area contributed by atoms with Crippen LogP contribution in [0.4, 0.5) is 5.69 Å². The van der Waals surface area contributed by atoms with Crippen molar-refractivity contribution in [2.24, 2.45) is 0 Å². The summed E-state index contributed by atoms with van der Waals surface area (Å²) in [7, 11) is 3.20. The molecular weight excluding hydrogens is 480 g/mol. The first-order valence-electron chi connectivity index (χ1n) is 13.7. The van der Waals surface area contributed by atoms with Gasteiger partial charge in [0.15, 0.2) is 0 Å². The van der Waals surface area contributed by atoms with E-state index in [0.29, 0.717) is 17.8 Å². The molecule has 4 atom stereocenters. The molecule has 1 aromatic carbocycles. The second-order valence-corrected chi connectivity index (χ2v) is 11.4. The van der Waals surface area contributed by atoms with Gasteiger partial charge in [-0.05, 0) is 42.0 Å². The summed E-state index contributed by atoms with van der Waals surface area (Å²) in [5, 5.41) is 6.54. The van der Waals surface area contributed by atoms with Gasteiger partial charge in [0.2, 0.25) is 11.8 Å². The first kappa shape index (κ1) is 28.2. The van der Waals surface area contributed by atoms with Crippen LogP contribution in [0.1, 0.15) is 70.0 Å². The smallest absolute Gasteiger partial charge is 0.248 e. The molecule has 0 spiro atoms. The third-order valence-corrected chi connectivity index (χ3v) is 7.78. The van der Waals surface area contributed by atoms with Crippen molar-refractivity contribution in [1.82, 2.24) is 15.6 Å². The Bertz CT molecular complexity index is 1060. The number of pyridine rings is 1. The fraction of sp³-hybridized carbons (Fsp3) is 0.567. The number of ether oxygens (including phenoxy) is 2. The highest BCUT2D eigenvalue weighted by Gasteiger charge is 2.45. The zero-order chi connectivity index (χ0) is 27.3. The number of rotatable bonds is 8. The molecule has 206 valence electrons. The molecule has 0 radical (unpaired) electrons. The number of aromatic nitrogens is 1. The number of methoxy groups -OCH3 is 2. The Balaban J connectivity index is 1.77. The monoisotopic (exact) mass is 522 g/mol. The lowest BCUT2D eigenvalue weighted by Gasteiger charge is -2.36. The molecular formula is C30H42N4O4. The average molecular weight is 523 g/mol. The van der Waals surface area contributed by atoms with E-state index in [4.69, 9.17) is 9.47 Å². The molecule has 2 amide bonds. The average Bonchev–Trinajstić information content (AvgIpc) is 3.35. The standard InChI is InChI=1S/C30H42N4O4/c1-30(2,3)21-13-15-23(16-14-21)34(29(36)25-27(38-5)24(37-4)19-32-25)26(20-10-9-17-31-18-20)28(35)33-22-11-7-6-8-12-22/h9-10,13-18,22,24-27,32H,6-8,11-12,19H2,1-5H3,(H,33,35). The maximum Gasteiger partial charge on any atom is 0.248 e. The van der Waals surface area contributed by atoms with Crippen LogP contribution in [-0.2, 0) is 24.5 Å². The summed E-state index contributed by atoms with van der Waals surface area (Å²) in [5.41, 5.74) is 2.40. The predicted molar refractivity (Wildman–Crippen MR) is 148 cm³/mol. The maximum absolute atomic E-state index is 14.4. The van der Waals surface area contributed by atoms with Gasteiger partial charge >= 0.3 is 0 Å². The summed E-state index contributed by atoms with van der Waals surface area (Å²) >= 11 is 0. The Labute approximate surface area is 226 Å². The van der Waals surface area contributed by atoms with Gasteiger partial charge in [0, 0.05) is 50.5 Å². The molecule has 1 saturated carbocycles. The maximum atomic E-state index is 14.4. The fourth-order valence-electron chi connectivity index (χ4n) is 5.58. The molecule has 8 heteroatoms. The molecule has 2 aliphatic rings. The Morgan fingerprint density at radius 1 is 1.05 bits per heavy atom. The number of anilines is 1. The van der Waals surface area contributed by atoms with Crippen molar-refractivity contribution in [2.45, 2.75) is 88.6 Å². The lowest BCUT2D eigenvalue weighted by Crippen LogP contribution is -2.54. The Morgan fingerprint density at radius 2 is 1.76 bits per heavy atom. The van der Waals surface area contributed by atoms with E-state index < -0.39 is 18.2 Å². The molecule has 4 unspecified atom stereocenters. The normalized spacial score (nSPS) is 23.1. The van der Waals surface area contributed by atoms with Gasteiger partial charge in [-0.1, -0.05) is 58.2 Å². The summed E-state index contributed by atoms with van der Waals surface area (Å²) in [6, 6.07) is 10.1. The lowest BCUT2D eigenvalue weighted by molar-refractivity contribution is -0.130. The molecule has 1 aliphatic carbocycles. The van der Waals surface area contributed by atoms with Gasteiger partial charge in [-0.25, -0.2) is 0 Å². The minimum absolute atomic E-state index is 0.0473. The number of carbonyl (C=O) groups is 2. The number of hydrogen-bond donors (Lipinski definition) is 2. The zero-order valence-electron chi connectivity index (χ0n) is 23.3. The van der Waals surface area contributed by atoms with E-state index >= 15 is 0 Å². The molecule has 2 heterocycles. The number of nitrogens with zero attached hydrogens (tertiary/aromatic N) is 2. The second kappa shape index (κ2) is 12.4. The van der Waals surface area contributed by atoms with Crippen molar-refractivity contribution in [2.75, 3.05) is 25.7 Å².